The number of benzene rings is 2. The Hall–Kier alpha value is -3.03. The van der Waals surface area contributed by atoms with Crippen LogP contribution in [0.1, 0.15) is 40.5 Å². The van der Waals surface area contributed by atoms with Crippen LogP contribution in [0.2, 0.25) is 0 Å². The Morgan fingerprint density at radius 2 is 1.79 bits per heavy atom. The van der Waals surface area contributed by atoms with Crippen LogP contribution in [-0.4, -0.2) is 42.0 Å². The highest BCUT2D eigenvalue weighted by Crippen LogP contribution is 2.37. The number of hydrogen-bond acceptors (Lipinski definition) is 3. The third kappa shape index (κ3) is 3.22. The van der Waals surface area contributed by atoms with E-state index in [9.17, 15) is 22.8 Å². The number of carbonyl (C=O) groups excluding carboxylic acids is 2. The molecular weight excluding hydrogens is 383 g/mol. The molecule has 2 aromatic carbocycles. The summed E-state index contributed by atoms with van der Waals surface area (Å²) >= 11 is 0. The van der Waals surface area contributed by atoms with Crippen LogP contribution >= 0.6 is 0 Å². The average molecular weight is 403 g/mol. The molecule has 0 atom stereocenters. The molecule has 0 aromatic heterocycles. The number of amides is 2. The monoisotopic (exact) mass is 403 g/mol. The minimum Gasteiger partial charge on any atom is -0.348 e. The van der Waals surface area contributed by atoms with E-state index >= 15 is 0 Å². The van der Waals surface area contributed by atoms with Crippen LogP contribution in [0.25, 0.3) is 0 Å². The van der Waals surface area contributed by atoms with E-state index in [2.05, 4.69) is 5.32 Å². The first-order valence-electron chi connectivity index (χ1n) is 9.48. The van der Waals surface area contributed by atoms with Crippen LogP contribution in [0, 0.1) is 17.5 Å². The van der Waals surface area contributed by atoms with Gasteiger partial charge >= 0.3 is 0 Å². The van der Waals surface area contributed by atoms with Crippen molar-refractivity contribution < 1.29 is 22.8 Å². The Kier molecular flexibility index (Phi) is 4.72. The molecule has 0 aliphatic carbocycles. The van der Waals surface area contributed by atoms with Crippen molar-refractivity contribution in [1.29, 1.82) is 0 Å². The van der Waals surface area contributed by atoms with Gasteiger partial charge in [-0.2, -0.15) is 0 Å². The number of rotatable bonds is 2. The first-order valence-corrected chi connectivity index (χ1v) is 9.48. The van der Waals surface area contributed by atoms with Gasteiger partial charge in [0.2, 0.25) is 0 Å². The first-order chi connectivity index (χ1) is 13.8. The fourth-order valence-electron chi connectivity index (χ4n) is 4.26. The second-order valence-electron chi connectivity index (χ2n) is 7.31. The third-order valence-corrected chi connectivity index (χ3v) is 5.72. The van der Waals surface area contributed by atoms with E-state index in [-0.39, 0.29) is 22.9 Å². The van der Waals surface area contributed by atoms with E-state index in [1.165, 1.54) is 18.2 Å². The summed E-state index contributed by atoms with van der Waals surface area (Å²) < 4.78 is 40.2. The highest BCUT2D eigenvalue weighted by Gasteiger charge is 2.46. The normalized spacial score (nSPS) is 17.9. The van der Waals surface area contributed by atoms with Crippen molar-refractivity contribution >= 4 is 17.5 Å². The summed E-state index contributed by atoms with van der Waals surface area (Å²) in [4.78, 5) is 28.9. The third-order valence-electron chi connectivity index (χ3n) is 5.72. The zero-order chi connectivity index (χ0) is 20.8. The minimum absolute atomic E-state index is 0.0840. The average Bonchev–Trinajstić information content (AvgIpc) is 2.71. The number of likely N-dealkylation sites (tertiary alicyclic amines) is 1. The Balaban J connectivity index is 1.56. The summed E-state index contributed by atoms with van der Waals surface area (Å²) in [5.74, 6) is -3.27. The van der Waals surface area contributed by atoms with Crippen molar-refractivity contribution in [2.45, 2.75) is 25.4 Å². The first kappa shape index (κ1) is 19.3. The van der Waals surface area contributed by atoms with E-state index in [0.717, 1.165) is 12.1 Å². The maximum atomic E-state index is 13.6. The number of carbonyl (C=O) groups is 2. The number of nitrogens with zero attached hydrogens (tertiary/aromatic N) is 2. The molecule has 8 heteroatoms. The van der Waals surface area contributed by atoms with Crippen molar-refractivity contribution in [3.63, 3.8) is 0 Å². The van der Waals surface area contributed by atoms with E-state index in [4.69, 9.17) is 0 Å². The molecule has 1 saturated heterocycles. The van der Waals surface area contributed by atoms with E-state index in [1.54, 1.807) is 11.0 Å². The van der Waals surface area contributed by atoms with Crippen LogP contribution < -0.4 is 10.2 Å². The largest absolute Gasteiger partial charge is 0.348 e. The molecule has 152 valence electrons. The van der Waals surface area contributed by atoms with Gasteiger partial charge in [-0.15, -0.1) is 0 Å². The molecular formula is C21H20F3N3O2. The Morgan fingerprint density at radius 1 is 1.07 bits per heavy atom. The van der Waals surface area contributed by atoms with Crippen LogP contribution in [0.4, 0.5) is 18.9 Å². The summed E-state index contributed by atoms with van der Waals surface area (Å²) in [5.41, 5.74) is 0.359. The van der Waals surface area contributed by atoms with Crippen molar-refractivity contribution in [2.24, 2.45) is 0 Å². The molecule has 1 N–H and O–H groups in total. The van der Waals surface area contributed by atoms with Gasteiger partial charge < -0.3 is 15.1 Å². The van der Waals surface area contributed by atoms with Crippen LogP contribution in [0.15, 0.2) is 36.4 Å². The lowest BCUT2D eigenvalue weighted by Gasteiger charge is -2.52. The van der Waals surface area contributed by atoms with Gasteiger partial charge in [0.15, 0.2) is 11.6 Å². The van der Waals surface area contributed by atoms with Crippen molar-refractivity contribution in [2.75, 3.05) is 24.5 Å². The topological polar surface area (TPSA) is 52.7 Å². The molecule has 0 bridgehead atoms. The summed E-state index contributed by atoms with van der Waals surface area (Å²) in [6, 6.07) is 7.25. The van der Waals surface area contributed by atoms with Crippen molar-refractivity contribution in [3.05, 3.63) is 65.0 Å². The number of piperidine rings is 1. The molecule has 2 aliphatic rings. The number of anilines is 1. The highest BCUT2D eigenvalue weighted by atomic mass is 19.2. The zero-order valence-corrected chi connectivity index (χ0v) is 15.8. The second kappa shape index (κ2) is 7.09. The molecule has 1 fully saturated rings. The molecule has 0 unspecified atom stereocenters. The van der Waals surface area contributed by atoms with E-state index in [0.29, 0.717) is 38.2 Å². The molecule has 5 nitrogen and oxygen atoms in total. The van der Waals surface area contributed by atoms with Gasteiger partial charge in [-0.1, -0.05) is 0 Å². The standard InChI is InChI=1S/C21H20F3N3O2/c1-2-27-18-6-4-14(22)12-15(18)19(28)25-21(27)7-9-26(10-8-21)20(29)13-3-5-16(23)17(24)11-13/h3-6,11-12H,2,7-10H2,1H3,(H,25,28). The number of halogens is 3. The molecule has 29 heavy (non-hydrogen) atoms. The Bertz CT molecular complexity index is 987. The van der Waals surface area contributed by atoms with Crippen LogP contribution in [0.3, 0.4) is 0 Å². The fourth-order valence-corrected chi connectivity index (χ4v) is 4.26. The maximum Gasteiger partial charge on any atom is 0.255 e. The number of nitrogens with one attached hydrogen (secondary N) is 1. The van der Waals surface area contributed by atoms with Gasteiger partial charge in [-0.05, 0) is 43.3 Å². The van der Waals surface area contributed by atoms with Crippen LogP contribution in [-0.2, 0) is 0 Å². The van der Waals surface area contributed by atoms with Crippen molar-refractivity contribution in [1.82, 2.24) is 10.2 Å². The summed E-state index contributed by atoms with van der Waals surface area (Å²) in [7, 11) is 0. The van der Waals surface area contributed by atoms with Gasteiger partial charge in [-0.25, -0.2) is 13.2 Å². The molecule has 2 aromatic rings. The molecule has 0 saturated carbocycles. The van der Waals surface area contributed by atoms with Gasteiger partial charge in [0.05, 0.1) is 11.3 Å². The Morgan fingerprint density at radius 3 is 2.45 bits per heavy atom. The summed E-state index contributed by atoms with van der Waals surface area (Å²) in [6.07, 6.45) is 0.914. The predicted molar refractivity (Wildman–Crippen MR) is 101 cm³/mol. The summed E-state index contributed by atoms with van der Waals surface area (Å²) in [5, 5.41) is 3.00. The highest BCUT2D eigenvalue weighted by molar-refractivity contribution is 6.02. The minimum atomic E-state index is -1.06. The number of hydrogen-bond donors (Lipinski definition) is 1. The predicted octanol–water partition coefficient (Wildman–Crippen LogP) is 3.31. The molecule has 2 amide bonds. The second-order valence-corrected chi connectivity index (χ2v) is 7.31. The number of fused-ring (bicyclic) bond motifs is 1. The maximum absolute atomic E-state index is 13.6. The van der Waals surface area contributed by atoms with Gasteiger partial charge in [0, 0.05) is 38.0 Å². The molecule has 0 radical (unpaired) electrons. The molecule has 1 spiro atoms. The van der Waals surface area contributed by atoms with Crippen LogP contribution in [0.5, 0.6) is 0 Å². The Labute approximate surface area is 166 Å². The quantitative estimate of drug-likeness (QED) is 0.837. The van der Waals surface area contributed by atoms with Gasteiger partial charge in [-0.3, -0.25) is 9.59 Å². The summed E-state index contributed by atoms with van der Waals surface area (Å²) in [6.45, 7) is 3.22. The fraction of sp³-hybridized carbons (Fsp3) is 0.333. The molecule has 2 heterocycles. The van der Waals surface area contributed by atoms with E-state index < -0.39 is 23.1 Å². The van der Waals surface area contributed by atoms with Crippen molar-refractivity contribution in [3.8, 4) is 0 Å². The SMILES string of the molecule is CCN1c2ccc(F)cc2C(=O)NC12CCN(C(=O)c1ccc(F)c(F)c1)CC2. The molecule has 2 aliphatic heterocycles. The van der Waals surface area contributed by atoms with E-state index in [1.807, 2.05) is 11.8 Å². The smallest absolute Gasteiger partial charge is 0.255 e. The molecule has 4 rings (SSSR count). The lowest BCUT2D eigenvalue weighted by Crippen LogP contribution is -2.68. The zero-order valence-electron chi connectivity index (χ0n) is 15.8. The lowest BCUT2D eigenvalue weighted by atomic mass is 9.89. The van der Waals surface area contributed by atoms with Gasteiger partial charge in [0.25, 0.3) is 11.8 Å². The lowest BCUT2D eigenvalue weighted by molar-refractivity contribution is 0.0603. The van der Waals surface area contributed by atoms with Gasteiger partial charge in [0.1, 0.15) is 11.5 Å².